The van der Waals surface area contributed by atoms with Crippen molar-refractivity contribution in [2.45, 2.75) is 17.9 Å². The van der Waals surface area contributed by atoms with E-state index >= 15 is 0 Å². The minimum absolute atomic E-state index is 0.0600. The largest absolute Gasteiger partial charge is 0.497 e. The Labute approximate surface area is 153 Å². The normalized spacial score (nSPS) is 17.1. The summed E-state index contributed by atoms with van der Waals surface area (Å²) in [6.07, 6.45) is 3.37. The predicted molar refractivity (Wildman–Crippen MR) is 95.3 cm³/mol. The van der Waals surface area contributed by atoms with Gasteiger partial charge in [0.1, 0.15) is 11.8 Å². The van der Waals surface area contributed by atoms with Crippen molar-refractivity contribution in [2.24, 2.45) is 0 Å². The fraction of sp³-hybridized carbons (Fsp3) is 0.412. The molecule has 1 fully saturated rings. The average Bonchev–Trinajstić information content (AvgIpc) is 3.21. The van der Waals surface area contributed by atoms with Crippen LogP contribution in [0.2, 0.25) is 0 Å². The van der Waals surface area contributed by atoms with Gasteiger partial charge in [0.05, 0.1) is 12.0 Å². The number of hydrogen-bond acceptors (Lipinski definition) is 5. The number of amides is 1. The van der Waals surface area contributed by atoms with E-state index in [4.69, 9.17) is 4.74 Å². The lowest BCUT2D eigenvalue weighted by Gasteiger charge is -2.35. The number of carbonyl (C=O) groups excluding carboxylic acids is 1. The molecule has 0 spiro atoms. The number of methoxy groups -OCH3 is 1. The molecule has 0 radical (unpaired) electrons. The molecule has 1 atom stereocenters. The van der Waals surface area contributed by atoms with Crippen molar-refractivity contribution in [3.63, 3.8) is 0 Å². The van der Waals surface area contributed by atoms with Crippen LogP contribution in [0.25, 0.3) is 0 Å². The molecule has 0 saturated carbocycles. The summed E-state index contributed by atoms with van der Waals surface area (Å²) in [7, 11) is -2.05. The molecule has 1 saturated heterocycles. The number of nitrogens with zero attached hydrogens (tertiary/aromatic N) is 4. The molecule has 1 aliphatic heterocycles. The van der Waals surface area contributed by atoms with Gasteiger partial charge in [-0.1, -0.05) is 0 Å². The summed E-state index contributed by atoms with van der Waals surface area (Å²) in [5.41, 5.74) is 0. The molecule has 1 aromatic carbocycles. The smallest absolute Gasteiger partial charge is 0.247 e. The summed E-state index contributed by atoms with van der Waals surface area (Å²) >= 11 is 0. The van der Waals surface area contributed by atoms with E-state index in [0.29, 0.717) is 18.8 Å². The summed E-state index contributed by atoms with van der Waals surface area (Å²) in [6.45, 7) is 3.05. The Morgan fingerprint density at radius 3 is 2.35 bits per heavy atom. The lowest BCUT2D eigenvalue weighted by atomic mass is 10.2. The van der Waals surface area contributed by atoms with Crippen LogP contribution in [0, 0.1) is 0 Å². The summed E-state index contributed by atoms with van der Waals surface area (Å²) in [6, 6.07) is 7.67. The van der Waals surface area contributed by atoms with Crippen LogP contribution in [-0.2, 0) is 14.8 Å². The van der Waals surface area contributed by atoms with Gasteiger partial charge in [0.15, 0.2) is 0 Å². The second kappa shape index (κ2) is 7.46. The van der Waals surface area contributed by atoms with Gasteiger partial charge in [-0.2, -0.15) is 9.40 Å². The number of piperazine rings is 1. The first-order chi connectivity index (χ1) is 12.4. The van der Waals surface area contributed by atoms with Gasteiger partial charge in [-0.3, -0.25) is 9.48 Å². The Morgan fingerprint density at radius 1 is 1.15 bits per heavy atom. The summed E-state index contributed by atoms with van der Waals surface area (Å²) < 4.78 is 33.6. The van der Waals surface area contributed by atoms with E-state index in [2.05, 4.69) is 5.10 Å². The number of carbonyl (C=O) groups is 1. The van der Waals surface area contributed by atoms with Gasteiger partial charge in [0.25, 0.3) is 0 Å². The number of rotatable bonds is 5. The minimum atomic E-state index is -3.58. The third-order valence-corrected chi connectivity index (χ3v) is 6.44. The molecule has 26 heavy (non-hydrogen) atoms. The Balaban J connectivity index is 1.64. The number of sulfonamides is 1. The molecule has 0 bridgehead atoms. The van der Waals surface area contributed by atoms with Crippen molar-refractivity contribution in [1.82, 2.24) is 19.0 Å². The maximum atomic E-state index is 12.8. The topological polar surface area (TPSA) is 84.7 Å². The molecule has 2 aromatic rings. The third kappa shape index (κ3) is 3.58. The van der Waals surface area contributed by atoms with Gasteiger partial charge in [-0.15, -0.1) is 0 Å². The molecule has 1 aromatic heterocycles. The van der Waals surface area contributed by atoms with Crippen molar-refractivity contribution in [3.8, 4) is 5.75 Å². The van der Waals surface area contributed by atoms with Crippen LogP contribution < -0.4 is 4.74 Å². The van der Waals surface area contributed by atoms with Gasteiger partial charge < -0.3 is 9.64 Å². The van der Waals surface area contributed by atoms with E-state index < -0.39 is 16.1 Å². The Hall–Kier alpha value is -2.39. The number of hydrogen-bond donors (Lipinski definition) is 0. The molecule has 2 heterocycles. The van der Waals surface area contributed by atoms with Crippen LogP contribution in [0.15, 0.2) is 47.6 Å². The zero-order chi connectivity index (χ0) is 18.7. The van der Waals surface area contributed by atoms with E-state index in [1.54, 1.807) is 47.1 Å². The molecule has 8 nitrogen and oxygen atoms in total. The lowest BCUT2D eigenvalue weighted by molar-refractivity contribution is -0.135. The van der Waals surface area contributed by atoms with Crippen LogP contribution in [0.4, 0.5) is 0 Å². The molecule has 1 aliphatic rings. The van der Waals surface area contributed by atoms with E-state index in [1.807, 2.05) is 0 Å². The van der Waals surface area contributed by atoms with Crippen LogP contribution in [0.1, 0.15) is 13.0 Å². The molecular formula is C17H22N4O4S. The van der Waals surface area contributed by atoms with Gasteiger partial charge in [0.2, 0.25) is 15.9 Å². The van der Waals surface area contributed by atoms with Crippen LogP contribution in [0.5, 0.6) is 5.75 Å². The number of aromatic nitrogens is 2. The van der Waals surface area contributed by atoms with E-state index in [0.717, 1.165) is 0 Å². The maximum Gasteiger partial charge on any atom is 0.247 e. The highest BCUT2D eigenvalue weighted by atomic mass is 32.2. The first-order valence-electron chi connectivity index (χ1n) is 8.35. The molecule has 0 unspecified atom stereocenters. The second-order valence-electron chi connectivity index (χ2n) is 6.07. The second-order valence-corrected chi connectivity index (χ2v) is 8.00. The molecule has 0 N–H and O–H groups in total. The number of ether oxygens (including phenoxy) is 1. The monoisotopic (exact) mass is 378 g/mol. The van der Waals surface area contributed by atoms with Crippen LogP contribution in [0.3, 0.4) is 0 Å². The molecule has 3 rings (SSSR count). The highest BCUT2D eigenvalue weighted by Crippen LogP contribution is 2.21. The molecule has 1 amide bonds. The highest BCUT2D eigenvalue weighted by molar-refractivity contribution is 7.89. The highest BCUT2D eigenvalue weighted by Gasteiger charge is 2.31. The van der Waals surface area contributed by atoms with Crippen molar-refractivity contribution in [3.05, 3.63) is 42.7 Å². The van der Waals surface area contributed by atoms with Crippen molar-refractivity contribution in [2.75, 3.05) is 33.3 Å². The quantitative estimate of drug-likeness (QED) is 0.775. The van der Waals surface area contributed by atoms with Crippen molar-refractivity contribution >= 4 is 15.9 Å². The maximum absolute atomic E-state index is 12.8. The first-order valence-corrected chi connectivity index (χ1v) is 9.79. The zero-order valence-electron chi connectivity index (χ0n) is 14.8. The average molecular weight is 378 g/mol. The third-order valence-electron chi connectivity index (χ3n) is 4.53. The SMILES string of the molecule is COc1ccc(S(=O)(=O)N2CCN(C(=O)[C@@H](C)n3cccn3)CC2)cc1. The molecule has 140 valence electrons. The summed E-state index contributed by atoms with van der Waals surface area (Å²) in [5, 5.41) is 4.09. The van der Waals surface area contributed by atoms with E-state index in [9.17, 15) is 13.2 Å². The summed E-state index contributed by atoms with van der Waals surface area (Å²) in [4.78, 5) is 14.5. The van der Waals surface area contributed by atoms with Crippen molar-refractivity contribution < 1.29 is 17.9 Å². The molecular weight excluding hydrogens is 356 g/mol. The Bertz CT molecular complexity index is 841. The summed E-state index contributed by atoms with van der Waals surface area (Å²) in [5.74, 6) is 0.544. The molecule has 0 aliphatic carbocycles. The van der Waals surface area contributed by atoms with E-state index in [1.165, 1.54) is 23.5 Å². The number of benzene rings is 1. The lowest BCUT2D eigenvalue weighted by Crippen LogP contribution is -2.51. The zero-order valence-corrected chi connectivity index (χ0v) is 15.6. The molecule has 9 heteroatoms. The Kier molecular flexibility index (Phi) is 5.28. The van der Waals surface area contributed by atoms with Gasteiger partial charge in [-0.05, 0) is 37.3 Å². The van der Waals surface area contributed by atoms with Gasteiger partial charge >= 0.3 is 0 Å². The minimum Gasteiger partial charge on any atom is -0.497 e. The van der Waals surface area contributed by atoms with Crippen LogP contribution in [-0.4, -0.2) is 66.6 Å². The Morgan fingerprint density at radius 2 is 1.81 bits per heavy atom. The van der Waals surface area contributed by atoms with Gasteiger partial charge in [-0.25, -0.2) is 8.42 Å². The fourth-order valence-electron chi connectivity index (χ4n) is 2.93. The van der Waals surface area contributed by atoms with E-state index in [-0.39, 0.29) is 23.9 Å². The van der Waals surface area contributed by atoms with Crippen LogP contribution >= 0.6 is 0 Å². The fourth-order valence-corrected chi connectivity index (χ4v) is 4.35. The standard InChI is InChI=1S/C17H22N4O4S/c1-14(21-9-3-8-18-21)17(22)19-10-12-20(13-11-19)26(23,24)16-6-4-15(25-2)5-7-16/h3-9,14H,10-13H2,1-2H3/t14-/m1/s1. The predicted octanol–water partition coefficient (Wildman–Crippen LogP) is 0.986. The first kappa shape index (κ1) is 18.4. The van der Waals surface area contributed by atoms with Gasteiger partial charge in [0, 0.05) is 38.6 Å². The van der Waals surface area contributed by atoms with Crippen molar-refractivity contribution in [1.29, 1.82) is 0 Å².